The van der Waals surface area contributed by atoms with Crippen LogP contribution in [0.3, 0.4) is 0 Å². The number of hydrogen-bond acceptors (Lipinski definition) is 6. The van der Waals surface area contributed by atoms with Gasteiger partial charge in [-0.2, -0.15) is 0 Å². The Balaban J connectivity index is 1.70. The second kappa shape index (κ2) is 12.4. The number of nitrogens with zero attached hydrogens (tertiary/aromatic N) is 3. The van der Waals surface area contributed by atoms with Gasteiger partial charge in [-0.05, 0) is 52.9 Å². The van der Waals surface area contributed by atoms with E-state index in [2.05, 4.69) is 5.32 Å². The molecule has 0 saturated carbocycles. The summed E-state index contributed by atoms with van der Waals surface area (Å²) in [6.07, 6.45) is -2.10. The number of carbonyl (C=O) groups excluding carboxylic acids is 3. The lowest BCUT2D eigenvalue weighted by molar-refractivity contribution is -0.384. The Morgan fingerprint density at radius 1 is 0.953 bits per heavy atom. The van der Waals surface area contributed by atoms with Crippen molar-refractivity contribution >= 4 is 29.4 Å². The number of nitro benzene ring substituents is 1. The molecule has 3 amide bonds. The van der Waals surface area contributed by atoms with Crippen LogP contribution in [0.5, 0.6) is 0 Å². The first-order valence-electron chi connectivity index (χ1n) is 13.5. The van der Waals surface area contributed by atoms with E-state index in [9.17, 15) is 38.8 Å². The van der Waals surface area contributed by atoms with Crippen LogP contribution >= 0.6 is 0 Å². The number of amides is 3. The largest absolute Gasteiger partial charge is 0.481 e. The van der Waals surface area contributed by atoms with Gasteiger partial charge in [0.1, 0.15) is 5.82 Å². The van der Waals surface area contributed by atoms with Gasteiger partial charge in [0.15, 0.2) is 6.17 Å². The Morgan fingerprint density at radius 2 is 1.49 bits per heavy atom. The van der Waals surface area contributed by atoms with Gasteiger partial charge in [-0.3, -0.25) is 29.3 Å². The Morgan fingerprint density at radius 3 is 1.98 bits per heavy atom. The van der Waals surface area contributed by atoms with Crippen molar-refractivity contribution in [3.8, 4) is 0 Å². The van der Waals surface area contributed by atoms with E-state index < -0.39 is 53.1 Å². The lowest BCUT2D eigenvalue weighted by Crippen LogP contribution is -2.54. The number of carbonyl (C=O) groups is 4. The van der Waals surface area contributed by atoms with E-state index in [1.807, 2.05) is 32.9 Å². The number of carboxylic acids is 1. The van der Waals surface area contributed by atoms with Crippen molar-refractivity contribution in [3.63, 3.8) is 0 Å². The van der Waals surface area contributed by atoms with Crippen molar-refractivity contribution in [1.29, 1.82) is 0 Å². The summed E-state index contributed by atoms with van der Waals surface area (Å²) < 4.78 is 13.5. The summed E-state index contributed by atoms with van der Waals surface area (Å²) in [6.45, 7) is 6.04. The second-order valence-electron chi connectivity index (χ2n) is 11.2. The number of nitro groups is 1. The van der Waals surface area contributed by atoms with Gasteiger partial charge < -0.3 is 20.2 Å². The average molecular weight is 591 g/mol. The maximum atomic E-state index is 13.9. The van der Waals surface area contributed by atoms with Gasteiger partial charge in [-0.25, -0.2) is 4.39 Å². The predicted octanol–water partition coefficient (Wildman–Crippen LogP) is 4.29. The molecule has 2 unspecified atom stereocenters. The van der Waals surface area contributed by atoms with E-state index >= 15 is 0 Å². The molecular formula is C31H31FN4O7. The highest BCUT2D eigenvalue weighted by Crippen LogP contribution is 2.27. The van der Waals surface area contributed by atoms with Crippen LogP contribution in [0.15, 0.2) is 72.8 Å². The normalized spacial score (nSPS) is 15.6. The maximum Gasteiger partial charge on any atom is 0.305 e. The average Bonchev–Trinajstić information content (AvgIpc) is 3.41. The van der Waals surface area contributed by atoms with E-state index in [-0.39, 0.29) is 40.9 Å². The zero-order chi connectivity index (χ0) is 31.5. The Labute approximate surface area is 247 Å². The Bertz CT molecular complexity index is 1550. The number of aliphatic carboxylic acids is 1. The van der Waals surface area contributed by atoms with E-state index in [0.29, 0.717) is 0 Å². The molecule has 3 aromatic carbocycles. The number of halogens is 1. The smallest absolute Gasteiger partial charge is 0.305 e. The molecule has 0 bridgehead atoms. The standard InChI is InChI=1S/C31H31FN4O7/c1-31(2,3)22-11-7-19(8-12-22)29(40)34-15-16-35(30(41)20-9-13-23(32)14-10-20)28(34)27(39)33-25(18-26(37)38)21-5-4-6-24(17-21)36(42)43/h4-14,17,25,28H,15-16,18H2,1-3H3,(H,33,39)(H,37,38). The third kappa shape index (κ3) is 7.03. The summed E-state index contributed by atoms with van der Waals surface area (Å²) in [5, 5.41) is 23.5. The zero-order valence-electron chi connectivity index (χ0n) is 23.8. The number of nitrogens with one attached hydrogen (secondary N) is 1. The minimum atomic E-state index is -1.48. The molecule has 2 atom stereocenters. The summed E-state index contributed by atoms with van der Waals surface area (Å²) in [4.78, 5) is 65.8. The van der Waals surface area contributed by atoms with Crippen molar-refractivity contribution in [3.05, 3.63) is 111 Å². The van der Waals surface area contributed by atoms with Crippen LogP contribution in [0.2, 0.25) is 0 Å². The first-order chi connectivity index (χ1) is 20.3. The molecule has 0 aromatic heterocycles. The Kier molecular flexibility index (Phi) is 8.88. The second-order valence-corrected chi connectivity index (χ2v) is 11.2. The summed E-state index contributed by atoms with van der Waals surface area (Å²) in [7, 11) is 0. The molecule has 1 heterocycles. The Hall–Kier alpha value is -5.13. The van der Waals surface area contributed by atoms with Crippen molar-refractivity contribution < 1.29 is 33.6 Å². The predicted molar refractivity (Wildman–Crippen MR) is 154 cm³/mol. The molecule has 11 nitrogen and oxygen atoms in total. The fraction of sp³-hybridized carbons (Fsp3) is 0.290. The summed E-state index contributed by atoms with van der Waals surface area (Å²) in [5.41, 5.74) is 1.05. The molecule has 0 spiro atoms. The monoisotopic (exact) mass is 590 g/mol. The fourth-order valence-electron chi connectivity index (χ4n) is 4.90. The molecule has 12 heteroatoms. The molecule has 224 valence electrons. The van der Waals surface area contributed by atoms with Gasteiger partial charge in [0.2, 0.25) is 0 Å². The highest BCUT2D eigenvalue weighted by molar-refractivity contribution is 6.02. The van der Waals surface area contributed by atoms with Crippen LogP contribution < -0.4 is 5.32 Å². The van der Waals surface area contributed by atoms with Gasteiger partial charge in [0.05, 0.1) is 17.4 Å². The third-order valence-electron chi connectivity index (χ3n) is 7.20. The fourth-order valence-corrected chi connectivity index (χ4v) is 4.90. The molecule has 1 aliphatic heterocycles. The van der Waals surface area contributed by atoms with Crippen LogP contribution in [0.25, 0.3) is 0 Å². The van der Waals surface area contributed by atoms with Crippen LogP contribution in [-0.2, 0) is 15.0 Å². The molecule has 1 fully saturated rings. The van der Waals surface area contributed by atoms with E-state index in [1.165, 1.54) is 35.2 Å². The van der Waals surface area contributed by atoms with Crippen LogP contribution in [0, 0.1) is 15.9 Å². The summed E-state index contributed by atoms with van der Waals surface area (Å²) in [6, 6.07) is 15.6. The van der Waals surface area contributed by atoms with Gasteiger partial charge in [0.25, 0.3) is 23.4 Å². The summed E-state index contributed by atoms with van der Waals surface area (Å²) in [5.74, 6) is -3.86. The van der Waals surface area contributed by atoms with Gasteiger partial charge in [-0.15, -0.1) is 0 Å². The van der Waals surface area contributed by atoms with Gasteiger partial charge in [-0.1, -0.05) is 45.0 Å². The van der Waals surface area contributed by atoms with Crippen molar-refractivity contribution in [2.45, 2.75) is 44.8 Å². The topological polar surface area (TPSA) is 150 Å². The first kappa shape index (κ1) is 30.8. The lowest BCUT2D eigenvalue weighted by Gasteiger charge is -2.31. The molecular weight excluding hydrogens is 559 g/mol. The van der Waals surface area contributed by atoms with Crippen molar-refractivity contribution in [1.82, 2.24) is 15.1 Å². The molecule has 0 aliphatic carbocycles. The van der Waals surface area contributed by atoms with Crippen molar-refractivity contribution in [2.24, 2.45) is 0 Å². The molecule has 4 rings (SSSR count). The number of non-ortho nitro benzene ring substituents is 1. The zero-order valence-corrected chi connectivity index (χ0v) is 23.8. The molecule has 43 heavy (non-hydrogen) atoms. The highest BCUT2D eigenvalue weighted by atomic mass is 19.1. The highest BCUT2D eigenvalue weighted by Gasteiger charge is 2.44. The minimum Gasteiger partial charge on any atom is -0.481 e. The number of benzene rings is 3. The SMILES string of the molecule is CC(C)(C)c1ccc(C(=O)N2CCN(C(=O)c3ccc(F)cc3)C2C(=O)NC(CC(=O)O)c2cccc([N+](=O)[O-])c2)cc1. The molecule has 2 N–H and O–H groups in total. The number of carboxylic acid groups (broad SMARTS) is 1. The number of rotatable bonds is 8. The number of hydrogen-bond donors (Lipinski definition) is 2. The first-order valence-corrected chi connectivity index (χ1v) is 13.5. The lowest BCUT2D eigenvalue weighted by atomic mass is 9.86. The molecule has 3 aromatic rings. The third-order valence-corrected chi connectivity index (χ3v) is 7.20. The van der Waals surface area contributed by atoms with Crippen molar-refractivity contribution in [2.75, 3.05) is 13.1 Å². The molecule has 0 radical (unpaired) electrons. The quantitative estimate of drug-likeness (QED) is 0.294. The van der Waals surface area contributed by atoms with Crippen LogP contribution in [0.4, 0.5) is 10.1 Å². The summed E-state index contributed by atoms with van der Waals surface area (Å²) >= 11 is 0. The molecule has 1 aliphatic rings. The van der Waals surface area contributed by atoms with Crippen LogP contribution in [0.1, 0.15) is 65.1 Å². The van der Waals surface area contributed by atoms with E-state index in [1.54, 1.807) is 12.1 Å². The maximum absolute atomic E-state index is 13.9. The minimum absolute atomic E-state index is 0.00865. The van der Waals surface area contributed by atoms with E-state index in [0.717, 1.165) is 28.7 Å². The van der Waals surface area contributed by atoms with Gasteiger partial charge in [0, 0.05) is 36.3 Å². The van der Waals surface area contributed by atoms with Crippen LogP contribution in [-0.4, -0.2) is 62.8 Å². The van der Waals surface area contributed by atoms with Gasteiger partial charge >= 0.3 is 5.97 Å². The van der Waals surface area contributed by atoms with E-state index in [4.69, 9.17) is 0 Å². The molecule has 1 saturated heterocycles.